The highest BCUT2D eigenvalue weighted by atomic mass is 16.6. The summed E-state index contributed by atoms with van der Waals surface area (Å²) in [7, 11) is 0. The number of fused-ring (bicyclic) bond motifs is 2. The van der Waals surface area contributed by atoms with Gasteiger partial charge in [-0.1, -0.05) is 36.4 Å². The molecule has 0 radical (unpaired) electrons. The van der Waals surface area contributed by atoms with Crippen molar-refractivity contribution >= 4 is 33.2 Å². The van der Waals surface area contributed by atoms with E-state index in [0.29, 0.717) is 6.42 Å². The molecule has 25 heavy (non-hydrogen) atoms. The molecule has 3 aromatic rings. The van der Waals surface area contributed by atoms with Crippen molar-refractivity contribution in [3.63, 3.8) is 0 Å². The molecule has 0 bridgehead atoms. The highest BCUT2D eigenvalue weighted by Gasteiger charge is 2.15. The molecular formula is C22H25NO2. The van der Waals surface area contributed by atoms with Gasteiger partial charge in [-0.25, -0.2) is 0 Å². The van der Waals surface area contributed by atoms with Gasteiger partial charge < -0.3 is 10.1 Å². The zero-order chi connectivity index (χ0) is 17.9. The van der Waals surface area contributed by atoms with Crippen molar-refractivity contribution in [3.8, 4) is 0 Å². The molecule has 3 aromatic carbocycles. The smallest absolute Gasteiger partial charge is 0.306 e. The Kier molecular flexibility index (Phi) is 4.93. The van der Waals surface area contributed by atoms with Gasteiger partial charge >= 0.3 is 5.97 Å². The van der Waals surface area contributed by atoms with Crippen molar-refractivity contribution in [2.45, 2.75) is 39.2 Å². The van der Waals surface area contributed by atoms with E-state index in [4.69, 9.17) is 4.74 Å². The molecule has 1 N–H and O–H groups in total. The third-order valence-corrected chi connectivity index (χ3v) is 4.04. The molecule has 0 heterocycles. The van der Waals surface area contributed by atoms with Crippen molar-refractivity contribution in [1.29, 1.82) is 0 Å². The normalized spacial score (nSPS) is 11.6. The van der Waals surface area contributed by atoms with Crippen LogP contribution in [0.5, 0.6) is 0 Å². The summed E-state index contributed by atoms with van der Waals surface area (Å²) in [5.41, 5.74) is 0.689. The average Bonchev–Trinajstić information content (AvgIpc) is 2.55. The SMILES string of the molecule is CC(C)(C)OC(=O)CCCNc1cccc2cc3ccccc3cc12. The van der Waals surface area contributed by atoms with Gasteiger partial charge in [0.05, 0.1) is 0 Å². The van der Waals surface area contributed by atoms with E-state index in [9.17, 15) is 4.79 Å². The molecule has 0 aromatic heterocycles. The van der Waals surface area contributed by atoms with Crippen LogP contribution in [0.1, 0.15) is 33.6 Å². The Bertz CT molecular complexity index is 893. The van der Waals surface area contributed by atoms with Crippen molar-refractivity contribution in [2.24, 2.45) is 0 Å². The molecule has 0 saturated heterocycles. The van der Waals surface area contributed by atoms with Crippen LogP contribution in [-0.2, 0) is 9.53 Å². The van der Waals surface area contributed by atoms with Gasteiger partial charge in [0.15, 0.2) is 0 Å². The average molecular weight is 335 g/mol. The highest BCUT2D eigenvalue weighted by molar-refractivity contribution is 6.03. The number of carbonyl (C=O) groups excluding carboxylic acids is 1. The van der Waals surface area contributed by atoms with E-state index >= 15 is 0 Å². The zero-order valence-electron chi connectivity index (χ0n) is 15.1. The van der Waals surface area contributed by atoms with Crippen LogP contribution in [-0.4, -0.2) is 18.1 Å². The molecule has 3 nitrogen and oxygen atoms in total. The van der Waals surface area contributed by atoms with Crippen LogP contribution < -0.4 is 5.32 Å². The summed E-state index contributed by atoms with van der Waals surface area (Å²) in [6.45, 7) is 6.42. The van der Waals surface area contributed by atoms with Crippen LogP contribution in [0.25, 0.3) is 21.5 Å². The van der Waals surface area contributed by atoms with Crippen molar-refractivity contribution in [1.82, 2.24) is 0 Å². The number of rotatable bonds is 5. The summed E-state index contributed by atoms with van der Waals surface area (Å²) >= 11 is 0. The van der Waals surface area contributed by atoms with Gasteiger partial charge in [0.25, 0.3) is 0 Å². The summed E-state index contributed by atoms with van der Waals surface area (Å²) in [4.78, 5) is 11.8. The van der Waals surface area contributed by atoms with Crippen LogP contribution in [0.2, 0.25) is 0 Å². The predicted octanol–water partition coefficient (Wildman–Crippen LogP) is 5.53. The van der Waals surface area contributed by atoms with Gasteiger partial charge in [0, 0.05) is 24.0 Å². The van der Waals surface area contributed by atoms with Crippen LogP contribution >= 0.6 is 0 Å². The second-order valence-corrected chi connectivity index (χ2v) is 7.34. The quantitative estimate of drug-likeness (QED) is 0.379. The van der Waals surface area contributed by atoms with E-state index in [1.54, 1.807) is 0 Å². The Morgan fingerprint density at radius 3 is 2.36 bits per heavy atom. The van der Waals surface area contributed by atoms with Crippen molar-refractivity contribution < 1.29 is 9.53 Å². The van der Waals surface area contributed by atoms with Crippen LogP contribution in [0.3, 0.4) is 0 Å². The minimum absolute atomic E-state index is 0.141. The van der Waals surface area contributed by atoms with E-state index in [1.807, 2.05) is 20.8 Å². The number of anilines is 1. The van der Waals surface area contributed by atoms with E-state index < -0.39 is 5.60 Å². The Morgan fingerprint density at radius 2 is 1.64 bits per heavy atom. The molecule has 0 aliphatic carbocycles. The standard InChI is InChI=1S/C22H25NO2/c1-22(2,3)25-21(24)12-7-13-23-20-11-6-10-18-14-16-8-4-5-9-17(16)15-19(18)20/h4-6,8-11,14-15,23H,7,12-13H2,1-3H3. The molecule has 130 valence electrons. The first-order chi connectivity index (χ1) is 11.9. The van der Waals surface area contributed by atoms with Crippen molar-refractivity contribution in [3.05, 3.63) is 54.6 Å². The predicted molar refractivity (Wildman–Crippen MR) is 105 cm³/mol. The lowest BCUT2D eigenvalue weighted by atomic mass is 10.0. The largest absolute Gasteiger partial charge is 0.460 e. The number of esters is 1. The minimum Gasteiger partial charge on any atom is -0.460 e. The maximum atomic E-state index is 11.8. The molecule has 3 rings (SSSR count). The highest BCUT2D eigenvalue weighted by Crippen LogP contribution is 2.28. The Hall–Kier alpha value is -2.55. The Morgan fingerprint density at radius 1 is 0.960 bits per heavy atom. The maximum absolute atomic E-state index is 11.8. The number of hydrogen-bond donors (Lipinski definition) is 1. The monoisotopic (exact) mass is 335 g/mol. The third kappa shape index (κ3) is 4.50. The van der Waals surface area contributed by atoms with Gasteiger partial charge in [-0.15, -0.1) is 0 Å². The molecule has 0 amide bonds. The summed E-state index contributed by atoms with van der Waals surface area (Å²) < 4.78 is 5.34. The summed E-state index contributed by atoms with van der Waals surface area (Å²) in [6, 6.07) is 19.1. The molecule has 0 spiro atoms. The molecule has 0 saturated carbocycles. The first-order valence-electron chi connectivity index (χ1n) is 8.80. The number of carbonyl (C=O) groups is 1. The Labute approximate surface area is 149 Å². The van der Waals surface area contributed by atoms with Gasteiger partial charge in [-0.05, 0) is 61.5 Å². The lowest BCUT2D eigenvalue weighted by Crippen LogP contribution is -2.24. The summed E-state index contributed by atoms with van der Waals surface area (Å²) in [5, 5.41) is 8.37. The van der Waals surface area contributed by atoms with Crippen LogP contribution in [0.15, 0.2) is 54.6 Å². The topological polar surface area (TPSA) is 38.3 Å². The number of benzene rings is 3. The molecule has 0 aliphatic heterocycles. The fourth-order valence-corrected chi connectivity index (χ4v) is 2.97. The van der Waals surface area contributed by atoms with E-state index in [0.717, 1.165) is 18.7 Å². The summed E-state index contributed by atoms with van der Waals surface area (Å²) in [5.74, 6) is -0.141. The molecular weight excluding hydrogens is 310 g/mol. The van der Waals surface area contributed by atoms with E-state index in [2.05, 4.69) is 59.9 Å². The summed E-state index contributed by atoms with van der Waals surface area (Å²) in [6.07, 6.45) is 1.18. The van der Waals surface area contributed by atoms with Gasteiger partial charge in [-0.3, -0.25) is 4.79 Å². The minimum atomic E-state index is -0.415. The fourth-order valence-electron chi connectivity index (χ4n) is 2.97. The molecule has 0 aliphatic rings. The number of hydrogen-bond acceptors (Lipinski definition) is 3. The fraction of sp³-hybridized carbons (Fsp3) is 0.318. The molecule has 3 heteroatoms. The molecule has 0 unspecified atom stereocenters. The van der Waals surface area contributed by atoms with Crippen molar-refractivity contribution in [2.75, 3.05) is 11.9 Å². The van der Waals surface area contributed by atoms with E-state index in [-0.39, 0.29) is 5.97 Å². The molecule has 0 atom stereocenters. The van der Waals surface area contributed by atoms with Gasteiger partial charge in [-0.2, -0.15) is 0 Å². The van der Waals surface area contributed by atoms with Gasteiger partial charge in [0.1, 0.15) is 5.60 Å². The number of ether oxygens (including phenoxy) is 1. The lowest BCUT2D eigenvalue weighted by Gasteiger charge is -2.19. The first kappa shape index (κ1) is 17.3. The molecule has 0 fully saturated rings. The Balaban J connectivity index is 1.67. The lowest BCUT2D eigenvalue weighted by molar-refractivity contribution is -0.154. The zero-order valence-corrected chi connectivity index (χ0v) is 15.1. The van der Waals surface area contributed by atoms with Crippen LogP contribution in [0, 0.1) is 0 Å². The number of nitrogens with one attached hydrogen (secondary N) is 1. The second-order valence-electron chi connectivity index (χ2n) is 7.34. The maximum Gasteiger partial charge on any atom is 0.306 e. The van der Waals surface area contributed by atoms with E-state index in [1.165, 1.54) is 21.5 Å². The second kappa shape index (κ2) is 7.14. The third-order valence-electron chi connectivity index (χ3n) is 4.04. The first-order valence-corrected chi connectivity index (χ1v) is 8.80. The van der Waals surface area contributed by atoms with Crippen LogP contribution in [0.4, 0.5) is 5.69 Å². The van der Waals surface area contributed by atoms with Gasteiger partial charge in [0.2, 0.25) is 0 Å².